The Labute approximate surface area is 62.9 Å². The maximum absolute atomic E-state index is 4.09. The van der Waals surface area contributed by atoms with E-state index in [1.54, 1.807) is 0 Å². The van der Waals surface area contributed by atoms with E-state index in [1.807, 2.05) is 16.9 Å². The largest absolute Gasteiger partial charge is 0.235 e. The van der Waals surface area contributed by atoms with Crippen LogP contribution in [0.5, 0.6) is 0 Å². The molecule has 9 heavy (non-hydrogen) atoms. The Hall–Kier alpha value is -0.450. The van der Waals surface area contributed by atoms with E-state index < -0.39 is 0 Å². The van der Waals surface area contributed by atoms with E-state index in [9.17, 15) is 0 Å². The molecule has 1 aromatic heterocycles. The first-order valence-corrected chi connectivity index (χ1v) is 5.11. The van der Waals surface area contributed by atoms with Gasteiger partial charge in [-0.25, -0.2) is 4.68 Å². The lowest BCUT2D eigenvalue weighted by Gasteiger charge is -1.97. The van der Waals surface area contributed by atoms with E-state index in [-0.39, 0.29) is 20.7 Å². The third kappa shape index (κ3) is 0.849. The minimum Gasteiger partial charge on any atom is -0.235 e. The maximum Gasteiger partial charge on any atom is 0.0671 e. The average molecular weight is 232 g/mol. The molecule has 0 fully saturated rings. The molecule has 3 heteroatoms. The highest BCUT2D eigenvalue weighted by atomic mass is 127. The molecule has 0 saturated heterocycles. The number of fused-ring (bicyclic) bond motifs is 1. The van der Waals surface area contributed by atoms with Crippen LogP contribution in [0.2, 0.25) is 0 Å². The van der Waals surface area contributed by atoms with Crippen molar-refractivity contribution in [3.05, 3.63) is 22.0 Å². The van der Waals surface area contributed by atoms with Gasteiger partial charge in [-0.2, -0.15) is 5.10 Å². The van der Waals surface area contributed by atoms with Gasteiger partial charge in [-0.05, 0) is 16.2 Å². The van der Waals surface area contributed by atoms with Crippen molar-refractivity contribution in [2.75, 3.05) is 0 Å². The second kappa shape index (κ2) is 2.06. The van der Waals surface area contributed by atoms with Gasteiger partial charge in [-0.15, -0.1) is 0 Å². The van der Waals surface area contributed by atoms with Crippen LogP contribution in [0.4, 0.5) is 0 Å². The van der Waals surface area contributed by atoms with Crippen LogP contribution in [-0.4, -0.2) is 13.9 Å². The van der Waals surface area contributed by atoms with E-state index >= 15 is 0 Å². The third-order valence-electron chi connectivity index (χ3n) is 1.16. The van der Waals surface area contributed by atoms with Gasteiger partial charge in [0.25, 0.3) is 0 Å². The Balaban J connectivity index is 2.68. The molecule has 0 aliphatic carbocycles. The molecule has 2 nitrogen and oxygen atoms in total. The number of nitrogens with zero attached hydrogens (tertiary/aromatic N) is 2. The van der Waals surface area contributed by atoms with Gasteiger partial charge in [-0.3, -0.25) is 0 Å². The van der Waals surface area contributed by atoms with Gasteiger partial charge in [0.2, 0.25) is 0 Å². The van der Waals surface area contributed by atoms with Gasteiger partial charge >= 0.3 is 0 Å². The molecule has 1 aliphatic heterocycles. The van der Waals surface area contributed by atoms with Crippen LogP contribution < -0.4 is 0 Å². The number of rotatable bonds is 0. The molecular formula is C6H5IN2. The summed E-state index contributed by atoms with van der Waals surface area (Å²) in [6.45, 7) is 0. The van der Waals surface area contributed by atoms with Crippen LogP contribution in [0, 0.1) is 0 Å². The predicted octanol–water partition coefficient (Wildman–Crippen LogP) is 1.45. The van der Waals surface area contributed by atoms with E-state index in [2.05, 4.69) is 19.4 Å². The summed E-state index contributed by atoms with van der Waals surface area (Å²) in [7, 11) is 0. The summed E-state index contributed by atoms with van der Waals surface area (Å²) in [5.41, 5.74) is 1.20. The molecular weight excluding hydrogens is 227 g/mol. The van der Waals surface area contributed by atoms with Crippen LogP contribution in [0.1, 0.15) is 5.69 Å². The molecule has 1 aromatic rings. The Morgan fingerprint density at radius 1 is 1.56 bits per heavy atom. The molecule has 0 saturated carbocycles. The number of halogens is 1. The fourth-order valence-electron chi connectivity index (χ4n) is 0.725. The molecule has 46 valence electrons. The quantitative estimate of drug-likeness (QED) is 0.619. The monoisotopic (exact) mass is 232 g/mol. The fraction of sp³-hybridized carbons (Fsp3) is 0. The Bertz CT molecular complexity index is 246. The first kappa shape index (κ1) is 5.34. The summed E-state index contributed by atoms with van der Waals surface area (Å²) in [5, 5.41) is 4.09. The molecule has 0 aromatic carbocycles. The molecule has 0 N–H and O–H groups in total. The zero-order chi connectivity index (χ0) is 6.10. The average Bonchev–Trinajstić information content (AvgIpc) is 2.33. The van der Waals surface area contributed by atoms with Crippen molar-refractivity contribution in [1.82, 2.24) is 9.78 Å². The summed E-state index contributed by atoms with van der Waals surface area (Å²) in [4.78, 5) is 0. The lowest BCUT2D eigenvalue weighted by Crippen LogP contribution is -1.98. The zero-order valence-electron chi connectivity index (χ0n) is 4.66. The molecule has 0 unspecified atom stereocenters. The van der Waals surface area contributed by atoms with E-state index in [4.69, 9.17) is 0 Å². The lowest BCUT2D eigenvalue weighted by molar-refractivity contribution is 0.960. The van der Waals surface area contributed by atoms with Gasteiger partial charge in [0.1, 0.15) is 0 Å². The SMILES string of the molecule is C1=Cc2ccnn2C=I1. The molecule has 0 bridgehead atoms. The molecule has 0 radical (unpaired) electrons. The number of aromatic nitrogens is 2. The standard InChI is InChI=1S/C6H5IN2/c1-3-7-5-9-6(1)2-4-8-9/h1-5H. The number of hydrogen-bond acceptors (Lipinski definition) is 1. The second-order valence-corrected chi connectivity index (χ2v) is 3.71. The Kier molecular flexibility index (Phi) is 1.22. The normalized spacial score (nSPS) is 14.7. The van der Waals surface area contributed by atoms with Crippen LogP contribution in [-0.2, 0) is 0 Å². The van der Waals surface area contributed by atoms with Crippen LogP contribution in [0.25, 0.3) is 6.08 Å². The van der Waals surface area contributed by atoms with E-state index in [0.717, 1.165) is 0 Å². The number of hydrogen-bond donors (Lipinski definition) is 0. The highest BCUT2D eigenvalue weighted by Crippen LogP contribution is 2.10. The van der Waals surface area contributed by atoms with Crippen molar-refractivity contribution in [2.45, 2.75) is 0 Å². The Morgan fingerprint density at radius 3 is 3.44 bits per heavy atom. The summed E-state index contributed by atoms with van der Waals surface area (Å²) in [5.74, 6) is 0. The lowest BCUT2D eigenvalue weighted by atomic mass is 10.4. The Morgan fingerprint density at radius 2 is 2.56 bits per heavy atom. The van der Waals surface area contributed by atoms with Gasteiger partial charge in [0.05, 0.1) is 9.83 Å². The van der Waals surface area contributed by atoms with Crippen molar-refractivity contribution >= 4 is 30.9 Å². The van der Waals surface area contributed by atoms with Crippen molar-refractivity contribution in [3.8, 4) is 0 Å². The van der Waals surface area contributed by atoms with Crippen LogP contribution in [0.3, 0.4) is 0 Å². The van der Waals surface area contributed by atoms with Gasteiger partial charge in [0, 0.05) is 6.20 Å². The molecule has 0 atom stereocenters. The molecule has 2 rings (SSSR count). The van der Waals surface area contributed by atoms with Crippen LogP contribution in [0.15, 0.2) is 16.3 Å². The fourth-order valence-corrected chi connectivity index (χ4v) is 2.26. The van der Waals surface area contributed by atoms with E-state index in [0.29, 0.717) is 0 Å². The molecule has 0 spiro atoms. The smallest absolute Gasteiger partial charge is 0.0671 e. The van der Waals surface area contributed by atoms with Crippen molar-refractivity contribution in [2.24, 2.45) is 0 Å². The second-order valence-electron chi connectivity index (χ2n) is 1.72. The first-order valence-electron chi connectivity index (χ1n) is 2.62. The summed E-state index contributed by atoms with van der Waals surface area (Å²) < 4.78 is 6.33. The highest BCUT2D eigenvalue weighted by molar-refractivity contribution is 14.2. The molecule has 0 amide bonds. The first-order chi connectivity index (χ1) is 4.47. The van der Waals surface area contributed by atoms with Gasteiger partial charge in [-0.1, -0.05) is 20.7 Å². The van der Waals surface area contributed by atoms with Crippen molar-refractivity contribution in [3.63, 3.8) is 0 Å². The zero-order valence-corrected chi connectivity index (χ0v) is 6.82. The summed E-state index contributed by atoms with van der Waals surface area (Å²) >= 11 is 0.147. The van der Waals surface area contributed by atoms with Crippen molar-refractivity contribution < 1.29 is 0 Å². The predicted molar refractivity (Wildman–Crippen MR) is 46.7 cm³/mol. The van der Waals surface area contributed by atoms with Gasteiger partial charge in [0.15, 0.2) is 0 Å². The molecule has 1 aliphatic rings. The third-order valence-corrected chi connectivity index (χ3v) is 2.78. The summed E-state index contributed by atoms with van der Waals surface area (Å²) in [6, 6.07) is 2.01. The minimum absolute atomic E-state index is 0.147. The highest BCUT2D eigenvalue weighted by Gasteiger charge is 1.95. The van der Waals surface area contributed by atoms with Crippen LogP contribution >= 0.6 is 20.7 Å². The summed E-state index contributed by atoms with van der Waals surface area (Å²) in [6.07, 6.45) is 3.95. The maximum atomic E-state index is 4.09. The topological polar surface area (TPSA) is 17.8 Å². The molecule has 2 heterocycles. The van der Waals surface area contributed by atoms with E-state index in [1.165, 1.54) is 5.69 Å². The van der Waals surface area contributed by atoms with Crippen molar-refractivity contribution in [1.29, 1.82) is 0 Å². The van der Waals surface area contributed by atoms with Gasteiger partial charge < -0.3 is 0 Å². The minimum atomic E-state index is 0.147.